The Labute approximate surface area is 190 Å². The van der Waals surface area contributed by atoms with Gasteiger partial charge in [-0.05, 0) is 25.7 Å². The molecule has 0 radical (unpaired) electrons. The lowest BCUT2D eigenvalue weighted by atomic mass is 10.3. The molecular weight excluding hydrogens is 464 g/mol. The fourth-order valence-electron chi connectivity index (χ4n) is 4.63. The van der Waals surface area contributed by atoms with Crippen LogP contribution in [0.15, 0.2) is 0 Å². The summed E-state index contributed by atoms with van der Waals surface area (Å²) in [5, 5.41) is 0. The van der Waals surface area contributed by atoms with Gasteiger partial charge in [0.25, 0.3) is 20.4 Å². The van der Waals surface area contributed by atoms with Crippen molar-refractivity contribution in [3.63, 3.8) is 0 Å². The Bertz CT molecular complexity index is 759. The Morgan fingerprint density at radius 3 is 0.906 bits per heavy atom. The van der Waals surface area contributed by atoms with Crippen molar-refractivity contribution in [1.29, 1.82) is 0 Å². The van der Waals surface area contributed by atoms with Crippen LogP contribution in [0.25, 0.3) is 0 Å². The minimum absolute atomic E-state index is 0.276. The van der Waals surface area contributed by atoms with Gasteiger partial charge in [-0.1, -0.05) is 27.7 Å². The van der Waals surface area contributed by atoms with E-state index in [1.165, 1.54) is 17.2 Å². The summed E-state index contributed by atoms with van der Waals surface area (Å²) in [7, 11) is -7.53. The number of hydrogen-bond donors (Lipinski definition) is 0. The summed E-state index contributed by atoms with van der Waals surface area (Å²) < 4.78 is 81.9. The van der Waals surface area contributed by atoms with Crippen LogP contribution >= 0.6 is 0 Å². The molecule has 12 nitrogen and oxygen atoms in total. The van der Waals surface area contributed by atoms with E-state index >= 15 is 0 Å². The first kappa shape index (κ1) is 24.7. The number of nitrogens with zero attached hydrogens (tertiary/aromatic N) is 4. The largest absolute Gasteiger partial charge is 0.324 e. The SMILES string of the molecule is CCCN1[C@@H]2OC3O[C@@H]4[C@@H](OC3O[C@H]2N(CCC)S1(=O)=O)N(CCC)S(=O)(=O)N4CCC. The molecule has 4 heterocycles. The molecule has 4 atom stereocenters. The van der Waals surface area contributed by atoms with E-state index in [4.69, 9.17) is 18.9 Å². The van der Waals surface area contributed by atoms with E-state index in [2.05, 4.69) is 0 Å². The van der Waals surface area contributed by atoms with Crippen molar-refractivity contribution in [1.82, 2.24) is 17.2 Å². The zero-order valence-corrected chi connectivity index (χ0v) is 20.6. The molecule has 32 heavy (non-hydrogen) atoms. The van der Waals surface area contributed by atoms with Crippen LogP contribution in [0, 0.1) is 0 Å². The average molecular weight is 499 g/mol. The van der Waals surface area contributed by atoms with Gasteiger partial charge in [-0.15, -0.1) is 0 Å². The molecule has 0 N–H and O–H groups in total. The molecular formula is C18H34N4O8S2. The summed E-state index contributed by atoms with van der Waals surface area (Å²) in [5.41, 5.74) is 0. The fourth-order valence-corrected chi connectivity index (χ4v) is 8.48. The van der Waals surface area contributed by atoms with Gasteiger partial charge in [-0.25, -0.2) is 0 Å². The lowest BCUT2D eigenvalue weighted by molar-refractivity contribution is -0.440. The van der Waals surface area contributed by atoms with Gasteiger partial charge >= 0.3 is 0 Å². The first-order valence-electron chi connectivity index (χ1n) is 11.4. The Hall–Kier alpha value is -0.420. The first-order valence-corrected chi connectivity index (χ1v) is 14.2. The van der Waals surface area contributed by atoms with Crippen LogP contribution in [0.1, 0.15) is 53.4 Å². The molecule has 4 aliphatic heterocycles. The average Bonchev–Trinajstić information content (AvgIpc) is 3.06. The molecule has 4 rings (SSSR count). The molecule has 0 aliphatic carbocycles. The van der Waals surface area contributed by atoms with Crippen LogP contribution in [0.2, 0.25) is 0 Å². The molecule has 0 amide bonds. The van der Waals surface area contributed by atoms with E-state index in [1.54, 1.807) is 0 Å². The van der Waals surface area contributed by atoms with Crippen molar-refractivity contribution in [2.45, 2.75) is 90.9 Å². The molecule has 0 spiro atoms. The highest BCUT2D eigenvalue weighted by molar-refractivity contribution is 7.87. The molecule has 186 valence electrons. The molecule has 14 heteroatoms. The van der Waals surface area contributed by atoms with E-state index in [9.17, 15) is 16.8 Å². The lowest BCUT2D eigenvalue weighted by Crippen LogP contribution is -2.63. The summed E-state index contributed by atoms with van der Waals surface area (Å²) in [6, 6.07) is 0. The van der Waals surface area contributed by atoms with Gasteiger partial charge < -0.3 is 18.9 Å². The Morgan fingerprint density at radius 2 is 0.719 bits per heavy atom. The molecule has 0 unspecified atom stereocenters. The van der Waals surface area contributed by atoms with Gasteiger partial charge in [-0.2, -0.15) is 34.1 Å². The van der Waals surface area contributed by atoms with Crippen molar-refractivity contribution in [3.05, 3.63) is 0 Å². The summed E-state index contributed by atoms with van der Waals surface area (Å²) in [6.45, 7) is 8.65. The third kappa shape index (κ3) is 3.82. The molecule has 4 aliphatic rings. The summed E-state index contributed by atoms with van der Waals surface area (Å²) >= 11 is 0. The number of hydrogen-bond acceptors (Lipinski definition) is 8. The molecule has 0 aromatic rings. The van der Waals surface area contributed by atoms with Gasteiger partial charge in [0, 0.05) is 26.2 Å². The molecule has 0 saturated carbocycles. The standard InChI is InChI=1S/C18H34N4O8S2/c1-5-9-19-13-14(20(10-6-2)31(19,23)24)28-18-17(27-13)29-15-16(30-18)22(12-8-4)32(25,26)21(15)11-7-3/h13-18H,5-12H2,1-4H3/t13-,14-,15-,16-,17?,18?/m1/s1. The van der Waals surface area contributed by atoms with Gasteiger partial charge in [0.1, 0.15) is 0 Å². The van der Waals surface area contributed by atoms with Crippen LogP contribution in [-0.2, 0) is 39.4 Å². The van der Waals surface area contributed by atoms with Gasteiger partial charge in [0.15, 0.2) is 24.9 Å². The Kier molecular flexibility index (Phi) is 7.19. The molecule has 0 aromatic carbocycles. The number of ether oxygens (including phenoxy) is 4. The maximum Gasteiger partial charge on any atom is 0.286 e. The fraction of sp³-hybridized carbons (Fsp3) is 1.00. The topological polar surface area (TPSA) is 118 Å². The van der Waals surface area contributed by atoms with Crippen molar-refractivity contribution in [2.75, 3.05) is 26.2 Å². The predicted octanol–water partition coefficient (Wildman–Crippen LogP) is 0.401. The highest BCUT2D eigenvalue weighted by Crippen LogP contribution is 2.42. The van der Waals surface area contributed by atoms with Crippen molar-refractivity contribution < 1.29 is 35.8 Å². The third-order valence-electron chi connectivity index (χ3n) is 5.90. The summed E-state index contributed by atoms with van der Waals surface area (Å²) in [5.74, 6) is 0. The smallest absolute Gasteiger partial charge is 0.286 e. The Morgan fingerprint density at radius 1 is 0.500 bits per heavy atom. The molecule has 4 saturated heterocycles. The normalized spacial score (nSPS) is 39.6. The van der Waals surface area contributed by atoms with Crippen molar-refractivity contribution in [2.24, 2.45) is 0 Å². The second-order valence-electron chi connectivity index (χ2n) is 8.30. The molecule has 0 bridgehead atoms. The van der Waals surface area contributed by atoms with Crippen LogP contribution in [0.5, 0.6) is 0 Å². The molecule has 0 aromatic heterocycles. The third-order valence-corrected chi connectivity index (χ3v) is 9.83. The minimum Gasteiger partial charge on any atom is -0.324 e. The summed E-state index contributed by atoms with van der Waals surface area (Å²) in [6.07, 6.45) is -3.24. The second kappa shape index (κ2) is 9.32. The number of fused-ring (bicyclic) bond motifs is 3. The zero-order chi connectivity index (χ0) is 23.3. The molecule has 4 fully saturated rings. The van der Waals surface area contributed by atoms with Crippen molar-refractivity contribution in [3.8, 4) is 0 Å². The lowest BCUT2D eigenvalue weighted by Gasteiger charge is -2.46. The quantitative estimate of drug-likeness (QED) is 0.472. The van der Waals surface area contributed by atoms with Gasteiger partial charge in [0.05, 0.1) is 0 Å². The van der Waals surface area contributed by atoms with E-state index in [0.29, 0.717) is 25.7 Å². The van der Waals surface area contributed by atoms with Crippen LogP contribution < -0.4 is 0 Å². The number of rotatable bonds is 8. The zero-order valence-electron chi connectivity index (χ0n) is 19.0. The highest BCUT2D eigenvalue weighted by atomic mass is 32.2. The van der Waals surface area contributed by atoms with Gasteiger partial charge in [0.2, 0.25) is 12.6 Å². The van der Waals surface area contributed by atoms with Gasteiger partial charge in [-0.3, -0.25) is 0 Å². The maximum atomic E-state index is 13.1. The predicted molar refractivity (Wildman–Crippen MR) is 113 cm³/mol. The first-order chi connectivity index (χ1) is 15.2. The highest BCUT2D eigenvalue weighted by Gasteiger charge is 2.63. The minimum atomic E-state index is -3.76. The van der Waals surface area contributed by atoms with Crippen LogP contribution in [0.4, 0.5) is 0 Å². The van der Waals surface area contributed by atoms with Crippen LogP contribution in [0.3, 0.4) is 0 Å². The maximum absolute atomic E-state index is 13.1. The van der Waals surface area contributed by atoms with E-state index in [1.807, 2.05) is 27.7 Å². The summed E-state index contributed by atoms with van der Waals surface area (Å²) in [4.78, 5) is 0. The monoisotopic (exact) mass is 498 g/mol. The van der Waals surface area contributed by atoms with E-state index in [-0.39, 0.29) is 26.2 Å². The van der Waals surface area contributed by atoms with Crippen molar-refractivity contribution >= 4 is 20.4 Å². The van der Waals surface area contributed by atoms with E-state index < -0.39 is 57.9 Å². The van der Waals surface area contributed by atoms with E-state index in [0.717, 1.165) is 0 Å². The second-order valence-corrected chi connectivity index (χ2v) is 12.0. The Balaban J connectivity index is 1.63. The van der Waals surface area contributed by atoms with Crippen LogP contribution in [-0.4, -0.2) is 97.7 Å².